The van der Waals surface area contributed by atoms with Gasteiger partial charge in [-0.2, -0.15) is 4.31 Å². The van der Waals surface area contributed by atoms with Crippen LogP contribution in [0, 0.1) is 0 Å². The fourth-order valence-corrected chi connectivity index (χ4v) is 5.03. The summed E-state index contributed by atoms with van der Waals surface area (Å²) in [6.07, 6.45) is 3.81. The predicted molar refractivity (Wildman–Crippen MR) is 114 cm³/mol. The van der Waals surface area contributed by atoms with Crippen LogP contribution in [0.1, 0.15) is 36.0 Å². The van der Waals surface area contributed by atoms with E-state index in [0.29, 0.717) is 29.9 Å². The van der Waals surface area contributed by atoms with Gasteiger partial charge >= 0.3 is 5.76 Å². The number of carbonyl (C=O) groups is 1. The molecule has 1 amide bonds. The van der Waals surface area contributed by atoms with Crippen molar-refractivity contribution in [1.82, 2.24) is 14.4 Å². The van der Waals surface area contributed by atoms with Crippen LogP contribution in [-0.4, -0.2) is 41.9 Å². The minimum Gasteiger partial charge on any atom is -0.322 e. The van der Waals surface area contributed by atoms with Gasteiger partial charge in [-0.15, -0.1) is 0 Å². The van der Waals surface area contributed by atoms with Crippen LogP contribution in [0.5, 0.6) is 0 Å². The van der Waals surface area contributed by atoms with Crippen LogP contribution >= 0.6 is 0 Å². The summed E-state index contributed by atoms with van der Waals surface area (Å²) in [5.41, 5.74) is 1.39. The zero-order valence-corrected chi connectivity index (χ0v) is 17.5. The Kier molecular flexibility index (Phi) is 6.01. The molecule has 0 spiro atoms. The summed E-state index contributed by atoms with van der Waals surface area (Å²) >= 11 is 0. The number of nitrogens with zero attached hydrogens (tertiary/aromatic N) is 2. The van der Waals surface area contributed by atoms with E-state index < -0.39 is 15.8 Å². The van der Waals surface area contributed by atoms with Crippen LogP contribution in [0.4, 0.5) is 5.69 Å². The van der Waals surface area contributed by atoms with Crippen molar-refractivity contribution in [1.29, 1.82) is 0 Å². The highest BCUT2D eigenvalue weighted by atomic mass is 32.2. The SMILES string of the molecule is O=C(Nc1cccc(-c2noc(=O)[nH]2)c1)c1ccc(S(=O)(=O)N2CCCCCC2)cc1. The van der Waals surface area contributed by atoms with Crippen molar-refractivity contribution in [3.8, 4) is 11.4 Å². The molecule has 0 bridgehead atoms. The summed E-state index contributed by atoms with van der Waals surface area (Å²) in [6, 6.07) is 12.7. The monoisotopic (exact) mass is 442 g/mol. The van der Waals surface area contributed by atoms with Crippen LogP contribution in [0.25, 0.3) is 11.4 Å². The molecule has 2 N–H and O–H groups in total. The number of nitrogens with one attached hydrogen (secondary N) is 2. The molecule has 0 aliphatic carbocycles. The molecule has 1 saturated heterocycles. The highest BCUT2D eigenvalue weighted by molar-refractivity contribution is 7.89. The second-order valence-corrected chi connectivity index (χ2v) is 9.26. The molecule has 4 rings (SSSR count). The van der Waals surface area contributed by atoms with Crippen molar-refractivity contribution in [3.63, 3.8) is 0 Å². The van der Waals surface area contributed by atoms with Gasteiger partial charge in [-0.1, -0.05) is 30.1 Å². The average Bonchev–Trinajstić information content (AvgIpc) is 3.02. The van der Waals surface area contributed by atoms with E-state index >= 15 is 0 Å². The number of aromatic nitrogens is 2. The maximum absolute atomic E-state index is 12.9. The smallest absolute Gasteiger partial charge is 0.322 e. The first-order valence-electron chi connectivity index (χ1n) is 10.0. The summed E-state index contributed by atoms with van der Waals surface area (Å²) < 4.78 is 31.8. The number of H-pyrrole nitrogens is 1. The zero-order chi connectivity index (χ0) is 21.8. The van der Waals surface area contributed by atoms with E-state index in [9.17, 15) is 18.0 Å². The minimum absolute atomic E-state index is 0.183. The van der Waals surface area contributed by atoms with Gasteiger partial charge in [0.25, 0.3) is 5.91 Å². The topological polar surface area (TPSA) is 125 Å². The number of amides is 1. The third kappa shape index (κ3) is 4.75. The Balaban J connectivity index is 1.48. The van der Waals surface area contributed by atoms with Crippen molar-refractivity contribution in [3.05, 3.63) is 64.6 Å². The van der Waals surface area contributed by atoms with E-state index in [0.717, 1.165) is 25.7 Å². The van der Waals surface area contributed by atoms with Crippen LogP contribution in [0.3, 0.4) is 0 Å². The number of benzene rings is 2. The number of rotatable bonds is 5. The number of anilines is 1. The fourth-order valence-electron chi connectivity index (χ4n) is 3.51. The first-order chi connectivity index (χ1) is 14.9. The number of hydrogen-bond acceptors (Lipinski definition) is 6. The van der Waals surface area contributed by atoms with Gasteiger partial charge in [-0.05, 0) is 49.2 Å². The molecule has 1 aromatic heterocycles. The number of carbonyl (C=O) groups excluding carboxylic acids is 1. The lowest BCUT2D eigenvalue weighted by Crippen LogP contribution is -2.31. The number of hydrogen-bond donors (Lipinski definition) is 2. The third-order valence-corrected chi connectivity index (χ3v) is 7.07. The molecular formula is C21H22N4O5S. The molecular weight excluding hydrogens is 420 g/mol. The largest absolute Gasteiger partial charge is 0.439 e. The molecule has 0 radical (unpaired) electrons. The second-order valence-electron chi connectivity index (χ2n) is 7.32. The predicted octanol–water partition coefficient (Wildman–Crippen LogP) is 2.85. The van der Waals surface area contributed by atoms with E-state index in [1.165, 1.54) is 28.6 Å². The Hall–Kier alpha value is -3.24. The molecule has 2 aromatic carbocycles. The van der Waals surface area contributed by atoms with Crippen molar-refractivity contribution in [2.24, 2.45) is 0 Å². The van der Waals surface area contributed by atoms with Gasteiger partial charge < -0.3 is 5.32 Å². The Morgan fingerprint density at radius 1 is 1.03 bits per heavy atom. The molecule has 0 atom stereocenters. The molecule has 31 heavy (non-hydrogen) atoms. The van der Waals surface area contributed by atoms with E-state index in [2.05, 4.69) is 20.0 Å². The van der Waals surface area contributed by atoms with Crippen molar-refractivity contribution < 1.29 is 17.7 Å². The molecule has 0 unspecified atom stereocenters. The lowest BCUT2D eigenvalue weighted by Gasteiger charge is -2.20. The van der Waals surface area contributed by atoms with Gasteiger partial charge in [-0.3, -0.25) is 14.3 Å². The molecule has 1 fully saturated rings. The van der Waals surface area contributed by atoms with E-state index in [1.807, 2.05) is 0 Å². The summed E-state index contributed by atoms with van der Waals surface area (Å²) in [4.78, 5) is 26.4. The van der Waals surface area contributed by atoms with Gasteiger partial charge in [0, 0.05) is 29.9 Å². The molecule has 0 saturated carbocycles. The Morgan fingerprint density at radius 2 is 1.74 bits per heavy atom. The highest BCUT2D eigenvalue weighted by Gasteiger charge is 2.25. The minimum atomic E-state index is -3.56. The van der Waals surface area contributed by atoms with Crippen molar-refractivity contribution in [2.45, 2.75) is 30.6 Å². The summed E-state index contributed by atoms with van der Waals surface area (Å²) in [6.45, 7) is 1.05. The lowest BCUT2D eigenvalue weighted by molar-refractivity contribution is 0.102. The van der Waals surface area contributed by atoms with Crippen molar-refractivity contribution >= 4 is 21.6 Å². The number of sulfonamides is 1. The van der Waals surface area contributed by atoms with Gasteiger partial charge in [0.1, 0.15) is 0 Å². The summed E-state index contributed by atoms with van der Waals surface area (Å²) in [5.74, 6) is -0.798. The maximum atomic E-state index is 12.9. The Labute approximate surface area is 179 Å². The lowest BCUT2D eigenvalue weighted by atomic mass is 10.1. The van der Waals surface area contributed by atoms with Gasteiger partial charge in [0.2, 0.25) is 10.0 Å². The maximum Gasteiger partial charge on any atom is 0.439 e. The molecule has 1 aliphatic heterocycles. The Bertz CT molecular complexity index is 1220. The quantitative estimate of drug-likeness (QED) is 0.626. The zero-order valence-electron chi connectivity index (χ0n) is 16.7. The average molecular weight is 442 g/mol. The molecule has 9 nitrogen and oxygen atoms in total. The highest BCUT2D eigenvalue weighted by Crippen LogP contribution is 2.22. The molecule has 2 heterocycles. The summed E-state index contributed by atoms with van der Waals surface area (Å²) in [5, 5.41) is 6.38. The molecule has 1 aliphatic rings. The van der Waals surface area contributed by atoms with Gasteiger partial charge in [-0.25, -0.2) is 13.2 Å². The van der Waals surface area contributed by atoms with Crippen LogP contribution in [-0.2, 0) is 10.0 Å². The first-order valence-corrected chi connectivity index (χ1v) is 11.5. The van der Waals surface area contributed by atoms with E-state index in [-0.39, 0.29) is 16.6 Å². The van der Waals surface area contributed by atoms with E-state index in [1.54, 1.807) is 24.3 Å². The first kappa shape index (κ1) is 21.0. The van der Waals surface area contributed by atoms with Gasteiger partial charge in [0.05, 0.1) is 4.90 Å². The summed E-state index contributed by atoms with van der Waals surface area (Å²) in [7, 11) is -3.56. The molecule has 10 heteroatoms. The van der Waals surface area contributed by atoms with Crippen LogP contribution in [0.2, 0.25) is 0 Å². The number of aromatic amines is 1. The van der Waals surface area contributed by atoms with Crippen molar-refractivity contribution in [2.75, 3.05) is 18.4 Å². The second kappa shape index (κ2) is 8.86. The van der Waals surface area contributed by atoms with Crippen LogP contribution < -0.4 is 11.1 Å². The molecule has 162 valence electrons. The Morgan fingerprint density at radius 3 is 2.39 bits per heavy atom. The third-order valence-electron chi connectivity index (χ3n) is 5.15. The van der Waals surface area contributed by atoms with E-state index in [4.69, 9.17) is 0 Å². The van der Waals surface area contributed by atoms with Gasteiger partial charge in [0.15, 0.2) is 5.82 Å². The standard InChI is InChI=1S/C21H22N4O5S/c26-20(22-17-7-5-6-16(14-17)19-23-21(27)30-24-19)15-8-10-18(11-9-15)31(28,29)25-12-3-1-2-4-13-25/h5-11,14H,1-4,12-13H2,(H,22,26)(H,23,24,27). The fraction of sp³-hybridized carbons (Fsp3) is 0.286. The van der Waals surface area contributed by atoms with Crippen LogP contribution in [0.15, 0.2) is 62.7 Å². The molecule has 3 aromatic rings. The normalized spacial score (nSPS) is 15.4.